The van der Waals surface area contributed by atoms with Gasteiger partial charge in [-0.15, -0.1) is 11.8 Å². The van der Waals surface area contributed by atoms with Crippen LogP contribution < -0.4 is 0 Å². The molecule has 2 heteroatoms. The highest BCUT2D eigenvalue weighted by atomic mass is 32.2. The molecule has 0 aromatic heterocycles. The molecular formula is C10H19NS. The number of rotatable bonds is 4. The number of thioether (sulfide) groups is 1. The largest absolute Gasteiger partial charge is 0.255 e. The SMILES string of the molecule is CCC(=C/N=C(\CC)SC)CC. The van der Waals surface area contributed by atoms with Crippen molar-refractivity contribution in [3.63, 3.8) is 0 Å². The van der Waals surface area contributed by atoms with Crippen molar-refractivity contribution in [1.82, 2.24) is 0 Å². The van der Waals surface area contributed by atoms with Crippen LogP contribution in [0.2, 0.25) is 0 Å². The maximum atomic E-state index is 4.42. The number of aliphatic imine (C=N–C) groups is 1. The minimum Gasteiger partial charge on any atom is -0.255 e. The highest BCUT2D eigenvalue weighted by Crippen LogP contribution is 2.08. The predicted octanol–water partition coefficient (Wildman–Crippen LogP) is 3.86. The Hall–Kier alpha value is -0.240. The van der Waals surface area contributed by atoms with Crippen molar-refractivity contribution in [2.24, 2.45) is 4.99 Å². The van der Waals surface area contributed by atoms with Crippen LogP contribution in [0.3, 0.4) is 0 Å². The van der Waals surface area contributed by atoms with E-state index in [1.807, 2.05) is 6.20 Å². The number of nitrogens with zero attached hydrogens (tertiary/aromatic N) is 1. The van der Waals surface area contributed by atoms with Gasteiger partial charge in [-0.1, -0.05) is 26.3 Å². The number of allylic oxidation sites excluding steroid dienone is 1. The lowest BCUT2D eigenvalue weighted by atomic mass is 10.2. The topological polar surface area (TPSA) is 12.4 Å². The van der Waals surface area contributed by atoms with Crippen LogP contribution >= 0.6 is 11.8 Å². The lowest BCUT2D eigenvalue weighted by molar-refractivity contribution is 0.968. The van der Waals surface area contributed by atoms with E-state index in [1.165, 1.54) is 10.6 Å². The summed E-state index contributed by atoms with van der Waals surface area (Å²) < 4.78 is 0. The van der Waals surface area contributed by atoms with E-state index in [1.54, 1.807) is 11.8 Å². The van der Waals surface area contributed by atoms with Gasteiger partial charge in [0, 0.05) is 6.20 Å². The van der Waals surface area contributed by atoms with E-state index in [-0.39, 0.29) is 0 Å². The molecule has 0 N–H and O–H groups in total. The fourth-order valence-electron chi connectivity index (χ4n) is 0.884. The molecule has 0 aromatic carbocycles. The summed E-state index contributed by atoms with van der Waals surface area (Å²) in [6, 6.07) is 0. The molecule has 0 amide bonds. The fraction of sp³-hybridized carbons (Fsp3) is 0.700. The number of hydrogen-bond donors (Lipinski definition) is 0. The summed E-state index contributed by atoms with van der Waals surface area (Å²) in [5.41, 5.74) is 1.43. The molecule has 0 radical (unpaired) electrons. The summed E-state index contributed by atoms with van der Waals surface area (Å²) in [5, 5.41) is 1.22. The first-order valence-electron chi connectivity index (χ1n) is 4.56. The minimum absolute atomic E-state index is 1.04. The molecule has 1 nitrogen and oxygen atoms in total. The summed E-state index contributed by atoms with van der Waals surface area (Å²) in [5.74, 6) is 0. The van der Waals surface area contributed by atoms with E-state index >= 15 is 0 Å². The first-order valence-corrected chi connectivity index (χ1v) is 5.79. The first kappa shape index (κ1) is 11.8. The Morgan fingerprint density at radius 2 is 1.75 bits per heavy atom. The molecule has 0 bridgehead atoms. The second-order valence-electron chi connectivity index (χ2n) is 2.57. The van der Waals surface area contributed by atoms with Gasteiger partial charge in [-0.25, -0.2) is 0 Å². The van der Waals surface area contributed by atoms with Gasteiger partial charge in [0.25, 0.3) is 0 Å². The van der Waals surface area contributed by atoms with Gasteiger partial charge in [0.05, 0.1) is 5.04 Å². The van der Waals surface area contributed by atoms with Gasteiger partial charge < -0.3 is 0 Å². The average molecular weight is 185 g/mol. The monoisotopic (exact) mass is 185 g/mol. The Morgan fingerprint density at radius 3 is 2.08 bits per heavy atom. The molecule has 0 aliphatic heterocycles. The molecule has 0 aliphatic carbocycles. The van der Waals surface area contributed by atoms with Crippen molar-refractivity contribution < 1.29 is 0 Å². The van der Waals surface area contributed by atoms with E-state index in [0.29, 0.717) is 0 Å². The molecule has 0 fully saturated rings. The van der Waals surface area contributed by atoms with Crippen LogP contribution in [0.25, 0.3) is 0 Å². The van der Waals surface area contributed by atoms with Gasteiger partial charge in [0.1, 0.15) is 0 Å². The van der Waals surface area contributed by atoms with Gasteiger partial charge in [-0.3, -0.25) is 4.99 Å². The maximum absolute atomic E-state index is 4.42. The van der Waals surface area contributed by atoms with Crippen molar-refractivity contribution in [3.8, 4) is 0 Å². The quantitative estimate of drug-likeness (QED) is 0.478. The lowest BCUT2D eigenvalue weighted by Crippen LogP contribution is -1.86. The molecule has 0 saturated carbocycles. The van der Waals surface area contributed by atoms with E-state index in [9.17, 15) is 0 Å². The second kappa shape index (κ2) is 7.41. The van der Waals surface area contributed by atoms with Crippen molar-refractivity contribution in [2.45, 2.75) is 40.0 Å². The Labute approximate surface area is 80.4 Å². The molecule has 0 heterocycles. The van der Waals surface area contributed by atoms with Gasteiger partial charge in [0.2, 0.25) is 0 Å². The van der Waals surface area contributed by atoms with E-state index < -0.39 is 0 Å². The van der Waals surface area contributed by atoms with Gasteiger partial charge in [-0.2, -0.15) is 0 Å². The van der Waals surface area contributed by atoms with Crippen molar-refractivity contribution in [3.05, 3.63) is 11.8 Å². The Bertz CT molecular complexity index is 139. The zero-order chi connectivity index (χ0) is 9.40. The third kappa shape index (κ3) is 4.60. The van der Waals surface area contributed by atoms with E-state index in [0.717, 1.165) is 19.3 Å². The Balaban J connectivity index is 4.20. The predicted molar refractivity (Wildman–Crippen MR) is 59.9 cm³/mol. The van der Waals surface area contributed by atoms with Crippen molar-refractivity contribution in [1.29, 1.82) is 0 Å². The highest BCUT2D eigenvalue weighted by Gasteiger charge is 1.91. The summed E-state index contributed by atoms with van der Waals surface area (Å²) in [4.78, 5) is 4.42. The molecular weight excluding hydrogens is 166 g/mol. The third-order valence-corrected chi connectivity index (χ3v) is 2.70. The normalized spacial score (nSPS) is 11.5. The molecule has 0 aromatic rings. The standard InChI is InChI=1S/C10H19NS/c1-5-9(6-2)8-11-10(7-3)12-4/h8H,5-7H2,1-4H3/b11-10+. The Morgan fingerprint density at radius 1 is 1.17 bits per heavy atom. The molecule has 0 aliphatic rings. The first-order chi connectivity index (χ1) is 5.78. The van der Waals surface area contributed by atoms with Crippen LogP contribution in [0.1, 0.15) is 40.0 Å². The average Bonchev–Trinajstić information content (AvgIpc) is 2.13. The van der Waals surface area contributed by atoms with E-state index in [4.69, 9.17) is 0 Å². The zero-order valence-corrected chi connectivity index (χ0v) is 9.37. The summed E-state index contributed by atoms with van der Waals surface area (Å²) in [6.07, 6.45) is 7.37. The summed E-state index contributed by atoms with van der Waals surface area (Å²) in [7, 11) is 0. The fourth-order valence-corrected chi connectivity index (χ4v) is 1.33. The molecule has 0 spiro atoms. The molecule has 0 unspecified atom stereocenters. The van der Waals surface area contributed by atoms with Gasteiger partial charge >= 0.3 is 0 Å². The summed E-state index contributed by atoms with van der Waals surface area (Å²) in [6.45, 7) is 6.49. The van der Waals surface area contributed by atoms with Gasteiger partial charge in [-0.05, 0) is 25.5 Å². The lowest BCUT2D eigenvalue weighted by Gasteiger charge is -1.98. The highest BCUT2D eigenvalue weighted by molar-refractivity contribution is 8.13. The molecule has 70 valence electrons. The molecule has 0 atom stereocenters. The minimum atomic E-state index is 1.04. The maximum Gasteiger partial charge on any atom is 0.0725 e. The zero-order valence-electron chi connectivity index (χ0n) is 8.55. The van der Waals surface area contributed by atoms with Crippen LogP contribution in [0, 0.1) is 0 Å². The van der Waals surface area contributed by atoms with Crippen LogP contribution in [0.15, 0.2) is 16.8 Å². The summed E-state index contributed by atoms with van der Waals surface area (Å²) >= 11 is 1.74. The van der Waals surface area contributed by atoms with Crippen molar-refractivity contribution >= 4 is 16.8 Å². The third-order valence-electron chi connectivity index (χ3n) is 1.84. The van der Waals surface area contributed by atoms with Crippen LogP contribution in [-0.2, 0) is 0 Å². The van der Waals surface area contributed by atoms with Crippen LogP contribution in [0.4, 0.5) is 0 Å². The smallest absolute Gasteiger partial charge is 0.0725 e. The molecule has 0 rings (SSSR count). The second-order valence-corrected chi connectivity index (χ2v) is 3.45. The van der Waals surface area contributed by atoms with Crippen LogP contribution in [0.5, 0.6) is 0 Å². The Kier molecular flexibility index (Phi) is 7.26. The molecule has 12 heavy (non-hydrogen) atoms. The van der Waals surface area contributed by atoms with Crippen molar-refractivity contribution in [2.75, 3.05) is 6.26 Å². The van der Waals surface area contributed by atoms with Gasteiger partial charge in [0.15, 0.2) is 0 Å². The number of hydrogen-bond acceptors (Lipinski definition) is 2. The molecule has 0 saturated heterocycles. The van der Waals surface area contributed by atoms with E-state index in [2.05, 4.69) is 32.0 Å². The van der Waals surface area contributed by atoms with Crippen LogP contribution in [-0.4, -0.2) is 11.3 Å².